The Morgan fingerprint density at radius 3 is 2.15 bits per heavy atom. The van der Waals surface area contributed by atoms with Crippen LogP contribution in [0.4, 0.5) is 26.3 Å². The summed E-state index contributed by atoms with van der Waals surface area (Å²) in [6.45, 7) is 3.38. The molecule has 2 fully saturated rings. The van der Waals surface area contributed by atoms with Crippen LogP contribution in [0.25, 0.3) is 0 Å². The molecule has 0 unspecified atom stereocenters. The third-order valence-electron chi connectivity index (χ3n) is 6.18. The first-order valence-electron chi connectivity index (χ1n) is 11.3. The maximum absolute atomic E-state index is 14.6. The van der Waals surface area contributed by atoms with Crippen LogP contribution in [0.15, 0.2) is 12.1 Å². The molecule has 1 saturated carbocycles. The van der Waals surface area contributed by atoms with Gasteiger partial charge >= 0.3 is 6.11 Å². The second-order valence-corrected chi connectivity index (χ2v) is 8.66. The molecule has 0 radical (unpaired) electrons. The molecule has 0 N–H and O–H groups in total. The minimum atomic E-state index is -4.01. The Balaban J connectivity index is 1.50. The predicted octanol–water partition coefficient (Wildman–Crippen LogP) is 6.41. The molecule has 1 aromatic carbocycles. The molecule has 1 aliphatic carbocycles. The quantitative estimate of drug-likeness (QED) is 0.380. The average molecular weight is 484 g/mol. The van der Waals surface area contributed by atoms with Crippen molar-refractivity contribution in [2.24, 2.45) is 11.8 Å². The van der Waals surface area contributed by atoms with Gasteiger partial charge in [-0.25, -0.2) is 13.2 Å². The van der Waals surface area contributed by atoms with E-state index in [-0.39, 0.29) is 57.3 Å². The van der Waals surface area contributed by atoms with E-state index in [0.717, 1.165) is 12.1 Å². The Hall–Kier alpha value is -1.52. The maximum Gasteiger partial charge on any atom is 0.386 e. The van der Waals surface area contributed by atoms with E-state index in [1.165, 1.54) is 6.92 Å². The maximum atomic E-state index is 14.6. The van der Waals surface area contributed by atoms with Crippen LogP contribution >= 0.6 is 0 Å². The van der Waals surface area contributed by atoms with E-state index < -0.39 is 47.4 Å². The Morgan fingerprint density at radius 1 is 0.939 bits per heavy atom. The zero-order chi connectivity index (χ0) is 24.2. The molecular formula is C23H30F6O4. The van der Waals surface area contributed by atoms with Gasteiger partial charge in [0, 0.05) is 24.7 Å². The Labute approximate surface area is 189 Å². The third kappa shape index (κ3) is 6.54. The summed E-state index contributed by atoms with van der Waals surface area (Å²) in [6, 6.07) is 1.71. The Kier molecular flexibility index (Phi) is 8.55. The van der Waals surface area contributed by atoms with Gasteiger partial charge in [0.2, 0.25) is 11.7 Å². The molecule has 1 aliphatic heterocycles. The molecule has 0 spiro atoms. The zero-order valence-corrected chi connectivity index (χ0v) is 18.7. The van der Waals surface area contributed by atoms with Gasteiger partial charge in [0.15, 0.2) is 17.9 Å². The number of rotatable bonds is 9. The smallest absolute Gasteiger partial charge is 0.386 e. The van der Waals surface area contributed by atoms with Gasteiger partial charge in [0.1, 0.15) is 0 Å². The Morgan fingerprint density at radius 2 is 1.58 bits per heavy atom. The first-order chi connectivity index (χ1) is 15.6. The first-order valence-corrected chi connectivity index (χ1v) is 11.3. The SMILES string of the molecule is CCOc1ccc(C(F)(F)OC2CCC(C3OCC(CC(F)(F)CC)CO3)CC2)c(F)c1F. The summed E-state index contributed by atoms with van der Waals surface area (Å²) in [5, 5.41) is 0. The summed E-state index contributed by atoms with van der Waals surface area (Å²) in [4.78, 5) is 0. The molecule has 3 rings (SSSR count). The number of hydrogen-bond donors (Lipinski definition) is 0. The van der Waals surface area contributed by atoms with Crippen molar-refractivity contribution < 1.29 is 45.3 Å². The standard InChI is InChI=1S/C23H30F6O4/c1-3-22(26,27)11-14-12-31-21(32-13-14)15-5-7-16(8-6-15)33-23(28,29)17-9-10-18(30-4-2)20(25)19(17)24/h9-10,14-16,21H,3-8,11-13H2,1-2H3. The fraction of sp³-hybridized carbons (Fsp3) is 0.739. The van der Waals surface area contributed by atoms with Crippen LogP contribution in [0.1, 0.15) is 57.9 Å². The number of benzene rings is 1. The fourth-order valence-electron chi connectivity index (χ4n) is 4.29. The highest BCUT2D eigenvalue weighted by Crippen LogP contribution is 2.40. The van der Waals surface area contributed by atoms with Gasteiger partial charge < -0.3 is 18.9 Å². The number of ether oxygens (including phenoxy) is 4. The van der Waals surface area contributed by atoms with Crippen LogP contribution < -0.4 is 4.74 Å². The van der Waals surface area contributed by atoms with Crippen LogP contribution in [0.5, 0.6) is 5.75 Å². The minimum absolute atomic E-state index is 0.0616. The molecular weight excluding hydrogens is 454 g/mol. The highest BCUT2D eigenvalue weighted by molar-refractivity contribution is 5.32. The number of halogens is 6. The largest absolute Gasteiger partial charge is 0.491 e. The van der Waals surface area contributed by atoms with Crippen molar-refractivity contribution >= 4 is 0 Å². The second-order valence-electron chi connectivity index (χ2n) is 8.66. The summed E-state index contributed by atoms with van der Waals surface area (Å²) in [6.07, 6.45) is -4.56. The summed E-state index contributed by atoms with van der Waals surface area (Å²) >= 11 is 0. The first kappa shape index (κ1) is 26.1. The van der Waals surface area contributed by atoms with Crippen LogP contribution in [-0.4, -0.2) is 38.1 Å². The summed E-state index contributed by atoms with van der Waals surface area (Å²) in [7, 11) is 0. The van der Waals surface area contributed by atoms with Gasteiger partial charge in [0.25, 0.3) is 0 Å². The van der Waals surface area contributed by atoms with Gasteiger partial charge in [-0.15, -0.1) is 0 Å². The molecule has 188 valence electrons. The lowest BCUT2D eigenvalue weighted by molar-refractivity contribution is -0.285. The molecule has 10 heteroatoms. The molecule has 1 aromatic rings. The van der Waals surface area contributed by atoms with Crippen molar-refractivity contribution in [3.8, 4) is 5.75 Å². The topological polar surface area (TPSA) is 36.9 Å². The van der Waals surface area contributed by atoms with Crippen molar-refractivity contribution in [1.82, 2.24) is 0 Å². The summed E-state index contributed by atoms with van der Waals surface area (Å²) in [5.74, 6) is -6.85. The molecule has 0 aromatic heterocycles. The van der Waals surface area contributed by atoms with Gasteiger partial charge in [-0.1, -0.05) is 6.92 Å². The fourth-order valence-corrected chi connectivity index (χ4v) is 4.29. The van der Waals surface area contributed by atoms with Gasteiger partial charge in [0.05, 0.1) is 31.5 Å². The molecule has 2 aliphatic rings. The normalized spacial score (nSPS) is 26.9. The van der Waals surface area contributed by atoms with Crippen LogP contribution in [-0.2, 0) is 20.3 Å². The zero-order valence-electron chi connectivity index (χ0n) is 18.7. The monoisotopic (exact) mass is 484 g/mol. The van der Waals surface area contributed by atoms with Gasteiger partial charge in [-0.2, -0.15) is 13.2 Å². The minimum Gasteiger partial charge on any atom is -0.491 e. The van der Waals surface area contributed by atoms with Crippen molar-refractivity contribution in [3.05, 3.63) is 29.3 Å². The molecule has 33 heavy (non-hydrogen) atoms. The summed E-state index contributed by atoms with van der Waals surface area (Å²) < 4.78 is 105. The number of hydrogen-bond acceptors (Lipinski definition) is 4. The van der Waals surface area contributed by atoms with E-state index in [1.807, 2.05) is 0 Å². The van der Waals surface area contributed by atoms with Gasteiger partial charge in [-0.05, 0) is 44.7 Å². The molecule has 4 nitrogen and oxygen atoms in total. The lowest BCUT2D eigenvalue weighted by atomic mass is 9.86. The average Bonchev–Trinajstić information content (AvgIpc) is 2.77. The van der Waals surface area contributed by atoms with Crippen molar-refractivity contribution in [2.75, 3.05) is 19.8 Å². The molecule has 1 saturated heterocycles. The number of alkyl halides is 4. The van der Waals surface area contributed by atoms with Crippen molar-refractivity contribution in [3.63, 3.8) is 0 Å². The van der Waals surface area contributed by atoms with Crippen molar-refractivity contribution in [1.29, 1.82) is 0 Å². The van der Waals surface area contributed by atoms with E-state index in [1.54, 1.807) is 6.92 Å². The van der Waals surface area contributed by atoms with E-state index in [2.05, 4.69) is 0 Å². The van der Waals surface area contributed by atoms with E-state index in [4.69, 9.17) is 18.9 Å². The lowest BCUT2D eigenvalue weighted by Gasteiger charge is -2.38. The van der Waals surface area contributed by atoms with Crippen molar-refractivity contribution in [2.45, 2.75) is 76.8 Å². The van der Waals surface area contributed by atoms with Crippen LogP contribution in [0, 0.1) is 23.5 Å². The van der Waals surface area contributed by atoms with E-state index in [9.17, 15) is 26.3 Å². The van der Waals surface area contributed by atoms with Crippen LogP contribution in [0.2, 0.25) is 0 Å². The highest BCUT2D eigenvalue weighted by atomic mass is 19.3. The van der Waals surface area contributed by atoms with E-state index >= 15 is 0 Å². The summed E-state index contributed by atoms with van der Waals surface area (Å²) in [5.41, 5.74) is -1.18. The molecule has 0 bridgehead atoms. The Bertz CT molecular complexity index is 774. The molecule has 0 atom stereocenters. The molecule has 0 amide bonds. The van der Waals surface area contributed by atoms with E-state index in [0.29, 0.717) is 12.8 Å². The predicted molar refractivity (Wildman–Crippen MR) is 107 cm³/mol. The second kappa shape index (κ2) is 10.8. The third-order valence-corrected chi connectivity index (χ3v) is 6.18. The lowest BCUT2D eigenvalue weighted by Crippen LogP contribution is -2.41. The molecule has 1 heterocycles. The van der Waals surface area contributed by atoms with Crippen LogP contribution in [0.3, 0.4) is 0 Å². The van der Waals surface area contributed by atoms with Gasteiger partial charge in [-0.3, -0.25) is 0 Å². The highest BCUT2D eigenvalue weighted by Gasteiger charge is 2.42.